The third-order valence-electron chi connectivity index (χ3n) is 3.89. The smallest absolute Gasteiger partial charge is 0.134 e. The molecule has 2 nitrogen and oxygen atoms in total. The van der Waals surface area contributed by atoms with Crippen LogP contribution in [0.5, 0.6) is 5.75 Å². The molecule has 1 aromatic carbocycles. The molecule has 0 radical (unpaired) electrons. The molecule has 1 aromatic rings. The molecular weight excluding hydrogens is 246 g/mol. The summed E-state index contributed by atoms with van der Waals surface area (Å²) in [4.78, 5) is 0. The largest absolute Gasteiger partial charge is 0.506 e. The zero-order valence-corrected chi connectivity index (χ0v) is 11.9. The Morgan fingerprint density at radius 2 is 2.06 bits per heavy atom. The molecule has 3 heteroatoms. The van der Waals surface area contributed by atoms with Crippen LogP contribution in [-0.4, -0.2) is 11.1 Å². The van der Waals surface area contributed by atoms with Crippen molar-refractivity contribution in [1.29, 1.82) is 0 Å². The SMILES string of the molecule is CC1(C)CCCC(Nc2ccc(O)c(Cl)c2)CC1. The van der Waals surface area contributed by atoms with Crippen LogP contribution in [-0.2, 0) is 0 Å². The summed E-state index contributed by atoms with van der Waals surface area (Å²) >= 11 is 5.92. The van der Waals surface area contributed by atoms with E-state index in [2.05, 4.69) is 19.2 Å². The van der Waals surface area contributed by atoms with Crippen LogP contribution in [0.25, 0.3) is 0 Å². The average molecular weight is 268 g/mol. The second-order valence-corrected chi connectivity index (χ2v) is 6.51. The van der Waals surface area contributed by atoms with Crippen molar-refractivity contribution in [3.8, 4) is 5.75 Å². The summed E-state index contributed by atoms with van der Waals surface area (Å²) in [6.45, 7) is 4.71. The first-order valence-corrected chi connectivity index (χ1v) is 7.09. The summed E-state index contributed by atoms with van der Waals surface area (Å²) in [6, 6.07) is 5.85. The zero-order valence-electron chi connectivity index (χ0n) is 11.2. The lowest BCUT2D eigenvalue weighted by Crippen LogP contribution is -2.19. The van der Waals surface area contributed by atoms with Crippen molar-refractivity contribution in [2.75, 3.05) is 5.32 Å². The highest BCUT2D eigenvalue weighted by molar-refractivity contribution is 6.32. The minimum absolute atomic E-state index is 0.143. The molecule has 0 saturated heterocycles. The van der Waals surface area contributed by atoms with Crippen molar-refractivity contribution in [1.82, 2.24) is 0 Å². The van der Waals surface area contributed by atoms with Gasteiger partial charge in [0.1, 0.15) is 5.75 Å². The summed E-state index contributed by atoms with van der Waals surface area (Å²) in [5.74, 6) is 0.143. The first-order chi connectivity index (χ1) is 8.46. The quantitative estimate of drug-likeness (QED) is 0.595. The Kier molecular flexibility index (Phi) is 4.06. The molecule has 1 unspecified atom stereocenters. The van der Waals surface area contributed by atoms with Crippen molar-refractivity contribution in [2.24, 2.45) is 5.41 Å². The number of phenols is 1. The maximum atomic E-state index is 9.40. The molecule has 1 saturated carbocycles. The molecule has 0 spiro atoms. The first kappa shape index (κ1) is 13.5. The molecule has 0 aromatic heterocycles. The second-order valence-electron chi connectivity index (χ2n) is 6.10. The predicted octanol–water partition coefficient (Wildman–Crippen LogP) is 4.82. The van der Waals surface area contributed by atoms with Gasteiger partial charge in [-0.25, -0.2) is 0 Å². The molecule has 0 amide bonds. The maximum Gasteiger partial charge on any atom is 0.134 e. The van der Waals surface area contributed by atoms with E-state index in [1.165, 1.54) is 32.1 Å². The topological polar surface area (TPSA) is 32.3 Å². The van der Waals surface area contributed by atoms with Crippen molar-refractivity contribution in [3.05, 3.63) is 23.2 Å². The van der Waals surface area contributed by atoms with E-state index in [1.807, 2.05) is 6.07 Å². The Morgan fingerprint density at radius 1 is 1.28 bits per heavy atom. The molecule has 1 atom stereocenters. The lowest BCUT2D eigenvalue weighted by Gasteiger charge is -2.22. The molecular formula is C15H22ClNO. The summed E-state index contributed by atoms with van der Waals surface area (Å²) in [7, 11) is 0. The number of rotatable bonds is 2. The number of anilines is 1. The lowest BCUT2D eigenvalue weighted by atomic mass is 9.85. The molecule has 2 rings (SSSR count). The fourth-order valence-corrected chi connectivity index (χ4v) is 2.82. The number of nitrogens with one attached hydrogen (secondary N) is 1. The molecule has 0 heterocycles. The standard InChI is InChI=1S/C15H22ClNO/c1-15(2)8-3-4-11(7-9-15)17-12-5-6-14(18)13(16)10-12/h5-6,10-11,17-18H,3-4,7-9H2,1-2H3. The Hall–Kier alpha value is -0.890. The number of hydrogen-bond donors (Lipinski definition) is 2. The Balaban J connectivity index is 1.98. The summed E-state index contributed by atoms with van der Waals surface area (Å²) in [5.41, 5.74) is 1.48. The number of halogens is 1. The number of aromatic hydroxyl groups is 1. The molecule has 1 fully saturated rings. The van der Waals surface area contributed by atoms with Gasteiger partial charge in [-0.1, -0.05) is 31.9 Å². The van der Waals surface area contributed by atoms with E-state index in [-0.39, 0.29) is 5.75 Å². The minimum Gasteiger partial charge on any atom is -0.506 e. The van der Waals surface area contributed by atoms with Gasteiger partial charge in [0, 0.05) is 11.7 Å². The van der Waals surface area contributed by atoms with Crippen LogP contribution in [0.1, 0.15) is 46.0 Å². The summed E-state index contributed by atoms with van der Waals surface area (Å²) < 4.78 is 0. The summed E-state index contributed by atoms with van der Waals surface area (Å²) in [5, 5.41) is 13.3. The van der Waals surface area contributed by atoms with Crippen LogP contribution in [0.4, 0.5) is 5.69 Å². The normalized spacial score (nSPS) is 23.4. The first-order valence-electron chi connectivity index (χ1n) is 6.71. The zero-order chi connectivity index (χ0) is 13.2. The van der Waals surface area contributed by atoms with Crippen LogP contribution in [0.15, 0.2) is 18.2 Å². The molecule has 1 aliphatic rings. The average Bonchev–Trinajstić information content (AvgIpc) is 2.46. The van der Waals surface area contributed by atoms with Gasteiger partial charge in [-0.15, -0.1) is 0 Å². The molecule has 2 N–H and O–H groups in total. The highest BCUT2D eigenvalue weighted by atomic mass is 35.5. The van der Waals surface area contributed by atoms with E-state index in [4.69, 9.17) is 11.6 Å². The molecule has 18 heavy (non-hydrogen) atoms. The molecule has 100 valence electrons. The van der Waals surface area contributed by atoms with Gasteiger partial charge in [-0.3, -0.25) is 0 Å². The third kappa shape index (κ3) is 3.55. The van der Waals surface area contributed by atoms with Gasteiger partial charge in [0.25, 0.3) is 0 Å². The molecule has 1 aliphatic carbocycles. The van der Waals surface area contributed by atoms with Crippen LogP contribution in [0.2, 0.25) is 5.02 Å². The summed E-state index contributed by atoms with van der Waals surface area (Å²) in [6.07, 6.45) is 6.25. The van der Waals surface area contributed by atoms with Crippen molar-refractivity contribution >= 4 is 17.3 Å². The Labute approximate surface area is 114 Å². The van der Waals surface area contributed by atoms with Crippen LogP contribution in [0.3, 0.4) is 0 Å². The van der Waals surface area contributed by atoms with Gasteiger partial charge >= 0.3 is 0 Å². The van der Waals surface area contributed by atoms with Crippen LogP contribution in [0, 0.1) is 5.41 Å². The minimum atomic E-state index is 0.143. The van der Waals surface area contributed by atoms with E-state index in [1.54, 1.807) is 12.1 Å². The monoisotopic (exact) mass is 267 g/mol. The van der Waals surface area contributed by atoms with E-state index < -0.39 is 0 Å². The van der Waals surface area contributed by atoms with E-state index in [9.17, 15) is 5.11 Å². The number of hydrogen-bond acceptors (Lipinski definition) is 2. The molecule has 0 bridgehead atoms. The predicted molar refractivity (Wildman–Crippen MR) is 77.4 cm³/mol. The molecule has 0 aliphatic heterocycles. The second kappa shape index (κ2) is 5.40. The van der Waals surface area contributed by atoms with Crippen molar-refractivity contribution < 1.29 is 5.11 Å². The third-order valence-corrected chi connectivity index (χ3v) is 4.20. The van der Waals surface area contributed by atoms with Gasteiger partial charge < -0.3 is 10.4 Å². The van der Waals surface area contributed by atoms with Gasteiger partial charge in [0.05, 0.1) is 5.02 Å². The van der Waals surface area contributed by atoms with Crippen molar-refractivity contribution in [2.45, 2.75) is 52.0 Å². The van der Waals surface area contributed by atoms with Gasteiger partial charge in [-0.2, -0.15) is 0 Å². The fourth-order valence-electron chi connectivity index (χ4n) is 2.64. The van der Waals surface area contributed by atoms with Gasteiger partial charge in [0.2, 0.25) is 0 Å². The highest BCUT2D eigenvalue weighted by Crippen LogP contribution is 2.35. The lowest BCUT2D eigenvalue weighted by molar-refractivity contribution is 0.313. The number of benzene rings is 1. The van der Waals surface area contributed by atoms with Crippen molar-refractivity contribution in [3.63, 3.8) is 0 Å². The van der Waals surface area contributed by atoms with Crippen LogP contribution >= 0.6 is 11.6 Å². The van der Waals surface area contributed by atoms with E-state index in [0.29, 0.717) is 16.5 Å². The van der Waals surface area contributed by atoms with E-state index in [0.717, 1.165) is 5.69 Å². The maximum absolute atomic E-state index is 9.40. The fraction of sp³-hybridized carbons (Fsp3) is 0.600. The Bertz CT molecular complexity index is 417. The Morgan fingerprint density at radius 3 is 2.78 bits per heavy atom. The van der Waals surface area contributed by atoms with Gasteiger partial charge in [0.15, 0.2) is 0 Å². The highest BCUT2D eigenvalue weighted by Gasteiger charge is 2.24. The van der Waals surface area contributed by atoms with Crippen LogP contribution < -0.4 is 5.32 Å². The van der Waals surface area contributed by atoms with E-state index >= 15 is 0 Å². The van der Waals surface area contributed by atoms with Gasteiger partial charge in [-0.05, 0) is 49.3 Å². The number of phenolic OH excluding ortho intramolecular Hbond substituents is 1.